The number of piperazine rings is 1. The van der Waals surface area contributed by atoms with E-state index in [1.54, 1.807) is 47.1 Å². The fourth-order valence-electron chi connectivity index (χ4n) is 4.34. The second-order valence-electron chi connectivity index (χ2n) is 8.46. The zero-order chi connectivity index (χ0) is 23.9. The van der Waals surface area contributed by atoms with Crippen molar-refractivity contribution < 1.29 is 33.1 Å². The van der Waals surface area contributed by atoms with E-state index in [1.165, 1.54) is 6.26 Å². The van der Waals surface area contributed by atoms with Gasteiger partial charge in [0.25, 0.3) is 11.8 Å². The zero-order valence-corrected chi connectivity index (χ0v) is 18.6. The smallest absolute Gasteiger partial charge is 0.325 e. The number of ether oxygens (including phenoxy) is 2. The van der Waals surface area contributed by atoms with Gasteiger partial charge < -0.3 is 29.0 Å². The Balaban J connectivity index is 1.23. The maximum absolute atomic E-state index is 13.2. The number of hydrogen-bond acceptors (Lipinski definition) is 7. The van der Waals surface area contributed by atoms with E-state index in [4.69, 9.17) is 13.9 Å². The van der Waals surface area contributed by atoms with Gasteiger partial charge in [-0.2, -0.15) is 0 Å². The van der Waals surface area contributed by atoms with E-state index in [1.807, 2.05) is 0 Å². The highest BCUT2D eigenvalue weighted by Gasteiger charge is 2.50. The summed E-state index contributed by atoms with van der Waals surface area (Å²) in [7, 11) is 0. The quantitative estimate of drug-likeness (QED) is 0.659. The lowest BCUT2D eigenvalue weighted by Gasteiger charge is -2.34. The summed E-state index contributed by atoms with van der Waals surface area (Å²) in [5.74, 6) is 0.212. The molecule has 1 N–H and O–H groups in total. The first-order chi connectivity index (χ1) is 16.4. The second-order valence-corrected chi connectivity index (χ2v) is 8.46. The number of benzene rings is 1. The number of carbonyl (C=O) groups is 4. The third-order valence-electron chi connectivity index (χ3n) is 6.34. The van der Waals surface area contributed by atoms with Gasteiger partial charge in [-0.25, -0.2) is 4.79 Å². The van der Waals surface area contributed by atoms with Crippen molar-refractivity contribution in [2.75, 3.05) is 45.9 Å². The number of urea groups is 1. The lowest BCUT2D eigenvalue weighted by atomic mass is 9.91. The molecule has 5 rings (SSSR count). The Kier molecular flexibility index (Phi) is 5.39. The van der Waals surface area contributed by atoms with Crippen molar-refractivity contribution >= 4 is 23.8 Å². The van der Waals surface area contributed by atoms with Crippen LogP contribution in [-0.4, -0.2) is 84.4 Å². The molecule has 34 heavy (non-hydrogen) atoms. The number of fused-ring (bicyclic) bond motifs is 1. The van der Waals surface area contributed by atoms with E-state index in [-0.39, 0.29) is 24.1 Å². The van der Waals surface area contributed by atoms with E-state index in [2.05, 4.69) is 5.32 Å². The summed E-state index contributed by atoms with van der Waals surface area (Å²) in [4.78, 5) is 55.3. The molecule has 1 aromatic heterocycles. The minimum atomic E-state index is -1.33. The fourth-order valence-corrected chi connectivity index (χ4v) is 4.34. The van der Waals surface area contributed by atoms with Gasteiger partial charge in [0, 0.05) is 26.2 Å². The van der Waals surface area contributed by atoms with E-state index >= 15 is 0 Å². The van der Waals surface area contributed by atoms with Gasteiger partial charge in [0.05, 0.1) is 6.26 Å². The molecule has 3 aliphatic heterocycles. The van der Waals surface area contributed by atoms with Gasteiger partial charge >= 0.3 is 6.03 Å². The van der Waals surface area contributed by atoms with Crippen LogP contribution in [0.25, 0.3) is 0 Å². The predicted molar refractivity (Wildman–Crippen MR) is 116 cm³/mol. The molecule has 5 amide bonds. The molecule has 0 saturated carbocycles. The normalized spacial score (nSPS) is 22.1. The highest BCUT2D eigenvalue weighted by molar-refractivity contribution is 6.09. The van der Waals surface area contributed by atoms with Crippen LogP contribution in [-0.2, 0) is 15.1 Å². The molecule has 1 aromatic carbocycles. The Morgan fingerprint density at radius 3 is 2.41 bits per heavy atom. The Morgan fingerprint density at radius 1 is 1.00 bits per heavy atom. The van der Waals surface area contributed by atoms with Crippen LogP contribution in [0.4, 0.5) is 4.79 Å². The Morgan fingerprint density at radius 2 is 1.71 bits per heavy atom. The average molecular weight is 468 g/mol. The van der Waals surface area contributed by atoms with Crippen LogP contribution in [0.1, 0.15) is 23.0 Å². The van der Waals surface area contributed by atoms with Crippen molar-refractivity contribution in [2.45, 2.75) is 12.5 Å². The van der Waals surface area contributed by atoms with Crippen LogP contribution in [0, 0.1) is 0 Å². The molecule has 2 aromatic rings. The van der Waals surface area contributed by atoms with Gasteiger partial charge in [-0.1, -0.05) is 6.07 Å². The van der Waals surface area contributed by atoms with Gasteiger partial charge in [0.15, 0.2) is 17.3 Å². The minimum absolute atomic E-state index is 0.235. The number of furan rings is 1. The fraction of sp³-hybridized carbons (Fsp3) is 0.391. The number of amides is 5. The van der Waals surface area contributed by atoms with E-state index in [9.17, 15) is 19.2 Å². The molecule has 1 unspecified atom stereocenters. The van der Waals surface area contributed by atoms with Gasteiger partial charge in [0.1, 0.15) is 25.3 Å². The first-order valence-corrected chi connectivity index (χ1v) is 11.0. The highest BCUT2D eigenvalue weighted by atomic mass is 16.6. The molecule has 0 aliphatic carbocycles. The van der Waals surface area contributed by atoms with Crippen LogP contribution < -0.4 is 14.8 Å². The zero-order valence-electron chi connectivity index (χ0n) is 18.6. The maximum Gasteiger partial charge on any atom is 0.325 e. The first kappa shape index (κ1) is 21.8. The Labute approximate surface area is 195 Å². The lowest BCUT2D eigenvalue weighted by molar-refractivity contribution is -0.139. The summed E-state index contributed by atoms with van der Waals surface area (Å²) in [5.41, 5.74) is -0.795. The van der Waals surface area contributed by atoms with Crippen molar-refractivity contribution in [3.8, 4) is 11.5 Å². The highest BCUT2D eigenvalue weighted by Crippen LogP contribution is 2.36. The third-order valence-corrected chi connectivity index (χ3v) is 6.34. The maximum atomic E-state index is 13.2. The van der Waals surface area contributed by atoms with Crippen molar-refractivity contribution in [1.29, 1.82) is 0 Å². The number of carbonyl (C=O) groups excluding carboxylic acids is 4. The van der Waals surface area contributed by atoms with Gasteiger partial charge in [-0.3, -0.25) is 19.3 Å². The summed E-state index contributed by atoms with van der Waals surface area (Å²) in [6.45, 7) is 3.33. The van der Waals surface area contributed by atoms with Gasteiger partial charge in [0.2, 0.25) is 5.91 Å². The topological polar surface area (TPSA) is 122 Å². The number of rotatable bonds is 4. The van der Waals surface area contributed by atoms with Crippen molar-refractivity contribution in [3.05, 3.63) is 47.9 Å². The molecule has 2 fully saturated rings. The average Bonchev–Trinajstić information content (AvgIpc) is 3.47. The molecule has 11 heteroatoms. The molecule has 0 spiro atoms. The van der Waals surface area contributed by atoms with Crippen molar-refractivity contribution in [3.63, 3.8) is 0 Å². The van der Waals surface area contributed by atoms with Gasteiger partial charge in [-0.15, -0.1) is 0 Å². The van der Waals surface area contributed by atoms with E-state index in [0.29, 0.717) is 56.5 Å². The number of hydrogen-bond donors (Lipinski definition) is 1. The third kappa shape index (κ3) is 3.72. The molecule has 178 valence electrons. The number of nitrogens with zero attached hydrogens (tertiary/aromatic N) is 3. The first-order valence-electron chi connectivity index (χ1n) is 11.0. The number of imide groups is 1. The monoisotopic (exact) mass is 468 g/mol. The van der Waals surface area contributed by atoms with Crippen LogP contribution in [0.5, 0.6) is 11.5 Å². The van der Waals surface area contributed by atoms with Crippen LogP contribution in [0.2, 0.25) is 0 Å². The SMILES string of the molecule is CC1(c2ccc3c(c2)OCCO3)NC(=O)N(CC(=O)N2CCN(C(=O)c3ccco3)CC2)C1=O. The molecule has 11 nitrogen and oxygen atoms in total. The van der Waals surface area contributed by atoms with Crippen LogP contribution >= 0.6 is 0 Å². The summed E-state index contributed by atoms with van der Waals surface area (Å²) in [6, 6.07) is 7.67. The summed E-state index contributed by atoms with van der Waals surface area (Å²) in [6.07, 6.45) is 1.43. The Bertz CT molecular complexity index is 1140. The molecule has 1 atom stereocenters. The summed E-state index contributed by atoms with van der Waals surface area (Å²) >= 11 is 0. The predicted octanol–water partition coefficient (Wildman–Crippen LogP) is 0.802. The van der Waals surface area contributed by atoms with Crippen molar-refractivity contribution in [1.82, 2.24) is 20.0 Å². The number of nitrogens with one attached hydrogen (secondary N) is 1. The van der Waals surface area contributed by atoms with Crippen LogP contribution in [0.15, 0.2) is 41.0 Å². The Hall–Kier alpha value is -4.02. The summed E-state index contributed by atoms with van der Waals surface area (Å²) < 4.78 is 16.3. The largest absolute Gasteiger partial charge is 0.486 e. The standard InChI is InChI=1S/C23H24N4O7/c1-23(15-4-5-16-18(13-15)34-12-11-33-16)21(30)27(22(31)24-23)14-19(28)25-6-8-26(9-7-25)20(29)17-3-2-10-32-17/h2-5,10,13H,6-9,11-12,14H2,1H3,(H,24,31). The van der Waals surface area contributed by atoms with E-state index in [0.717, 1.165) is 4.90 Å². The molecule has 4 heterocycles. The minimum Gasteiger partial charge on any atom is -0.486 e. The second kappa shape index (κ2) is 8.40. The molecule has 3 aliphatic rings. The molecular weight excluding hydrogens is 444 g/mol. The summed E-state index contributed by atoms with van der Waals surface area (Å²) in [5, 5.41) is 2.71. The van der Waals surface area contributed by atoms with Crippen molar-refractivity contribution in [2.24, 2.45) is 0 Å². The van der Waals surface area contributed by atoms with Gasteiger partial charge in [-0.05, 0) is 36.8 Å². The molecular formula is C23H24N4O7. The lowest BCUT2D eigenvalue weighted by Crippen LogP contribution is -2.53. The molecule has 0 radical (unpaired) electrons. The molecule has 0 bridgehead atoms. The molecule has 2 saturated heterocycles. The van der Waals surface area contributed by atoms with Crippen LogP contribution in [0.3, 0.4) is 0 Å². The van der Waals surface area contributed by atoms with E-state index < -0.39 is 17.5 Å².